The first-order valence-electron chi connectivity index (χ1n) is 6.56. The molecule has 0 bridgehead atoms. The first kappa shape index (κ1) is 15.9. The van der Waals surface area contributed by atoms with Crippen LogP contribution in [0.5, 0.6) is 0 Å². The summed E-state index contributed by atoms with van der Waals surface area (Å²) in [6.07, 6.45) is 3.59. The number of halogens is 4. The summed E-state index contributed by atoms with van der Waals surface area (Å²) in [6, 6.07) is 2.34. The van der Waals surface area contributed by atoms with Crippen molar-refractivity contribution in [3.63, 3.8) is 0 Å². The second-order valence-corrected chi connectivity index (χ2v) is 6.58. The van der Waals surface area contributed by atoms with Gasteiger partial charge in [0.1, 0.15) is 17.2 Å². The van der Waals surface area contributed by atoms with E-state index in [0.717, 1.165) is 43.1 Å². The van der Waals surface area contributed by atoms with Crippen LogP contribution in [0.25, 0.3) is 0 Å². The molecular weight excluding hydrogens is 396 g/mol. The van der Waals surface area contributed by atoms with Gasteiger partial charge in [0, 0.05) is 22.4 Å². The van der Waals surface area contributed by atoms with Gasteiger partial charge in [-0.25, -0.2) is 8.78 Å². The van der Waals surface area contributed by atoms with E-state index in [1.807, 2.05) is 0 Å². The molecule has 6 heteroatoms. The number of carbonyl (C=O) groups is 1. The smallest absolute Gasteiger partial charge is 0.260 e. The van der Waals surface area contributed by atoms with E-state index in [2.05, 4.69) is 31.9 Å². The lowest BCUT2D eigenvalue weighted by molar-refractivity contribution is 0.0720. The number of benzene rings is 1. The van der Waals surface area contributed by atoms with Gasteiger partial charge in [0.05, 0.1) is 0 Å². The average molecular weight is 411 g/mol. The second-order valence-electron chi connectivity index (χ2n) is 4.87. The fourth-order valence-electron chi connectivity index (χ4n) is 2.61. The van der Waals surface area contributed by atoms with Crippen LogP contribution in [0.15, 0.2) is 16.6 Å². The first-order valence-corrected chi connectivity index (χ1v) is 8.47. The Labute approximate surface area is 133 Å². The van der Waals surface area contributed by atoms with Gasteiger partial charge in [-0.05, 0) is 37.8 Å². The van der Waals surface area contributed by atoms with E-state index in [9.17, 15) is 13.6 Å². The quantitative estimate of drug-likeness (QED) is 0.669. The van der Waals surface area contributed by atoms with E-state index in [0.29, 0.717) is 11.0 Å². The lowest BCUT2D eigenvalue weighted by atomic mass is 10.1. The molecule has 1 heterocycles. The molecule has 1 unspecified atom stereocenters. The predicted molar refractivity (Wildman–Crippen MR) is 81.1 cm³/mol. The van der Waals surface area contributed by atoms with Gasteiger partial charge in [-0.2, -0.15) is 0 Å². The molecule has 0 aromatic heterocycles. The largest absolute Gasteiger partial charge is 0.335 e. The van der Waals surface area contributed by atoms with Crippen molar-refractivity contribution in [3.8, 4) is 0 Å². The van der Waals surface area contributed by atoms with Gasteiger partial charge in [-0.1, -0.05) is 31.9 Å². The van der Waals surface area contributed by atoms with Crippen molar-refractivity contribution in [2.24, 2.45) is 0 Å². The monoisotopic (exact) mass is 409 g/mol. The highest BCUT2D eigenvalue weighted by Gasteiger charge is 2.32. The summed E-state index contributed by atoms with van der Waals surface area (Å²) < 4.78 is 28.0. The zero-order valence-corrected chi connectivity index (χ0v) is 14.0. The van der Waals surface area contributed by atoms with Gasteiger partial charge >= 0.3 is 0 Å². The van der Waals surface area contributed by atoms with Gasteiger partial charge in [-0.15, -0.1) is 0 Å². The van der Waals surface area contributed by atoms with Crippen LogP contribution >= 0.6 is 31.9 Å². The summed E-state index contributed by atoms with van der Waals surface area (Å²) in [5.74, 6) is -2.16. The van der Waals surface area contributed by atoms with Gasteiger partial charge < -0.3 is 4.90 Å². The number of hydrogen-bond acceptors (Lipinski definition) is 1. The fraction of sp³-hybridized carbons (Fsp3) is 0.500. The van der Waals surface area contributed by atoms with E-state index in [1.54, 1.807) is 4.90 Å². The van der Waals surface area contributed by atoms with Crippen molar-refractivity contribution in [1.29, 1.82) is 0 Å². The van der Waals surface area contributed by atoms with Gasteiger partial charge in [-0.3, -0.25) is 4.79 Å². The standard InChI is InChI=1S/C14H15Br2F2NO/c15-5-1-3-10-4-2-6-19(10)14(20)13-11(17)7-9(16)8-12(13)18/h7-8,10H,1-6H2. The molecule has 0 radical (unpaired) electrons. The van der Waals surface area contributed by atoms with E-state index < -0.39 is 23.1 Å². The molecule has 1 saturated heterocycles. The third kappa shape index (κ3) is 3.39. The molecule has 2 rings (SSSR count). The summed E-state index contributed by atoms with van der Waals surface area (Å²) in [5.41, 5.74) is -0.445. The molecule has 1 amide bonds. The molecule has 0 aliphatic carbocycles. The summed E-state index contributed by atoms with van der Waals surface area (Å²) in [6.45, 7) is 0.570. The Balaban J connectivity index is 2.22. The molecule has 1 aliphatic heterocycles. The molecule has 110 valence electrons. The maximum absolute atomic E-state index is 13.9. The molecule has 1 aliphatic rings. The number of rotatable bonds is 4. The molecule has 1 atom stereocenters. The molecule has 1 fully saturated rings. The molecular formula is C14H15Br2F2NO. The minimum Gasteiger partial charge on any atom is -0.335 e. The Kier molecular flexibility index (Phi) is 5.55. The second kappa shape index (κ2) is 6.98. The van der Waals surface area contributed by atoms with Gasteiger partial charge in [0.25, 0.3) is 5.91 Å². The van der Waals surface area contributed by atoms with Gasteiger partial charge in [0.15, 0.2) is 0 Å². The van der Waals surface area contributed by atoms with Gasteiger partial charge in [0.2, 0.25) is 0 Å². The van der Waals surface area contributed by atoms with Crippen molar-refractivity contribution in [2.45, 2.75) is 31.7 Å². The summed E-state index contributed by atoms with van der Waals surface area (Å²) >= 11 is 6.38. The minimum atomic E-state index is -0.812. The number of hydrogen-bond donors (Lipinski definition) is 0. The van der Waals surface area contributed by atoms with Crippen molar-refractivity contribution >= 4 is 37.8 Å². The Morgan fingerprint density at radius 1 is 1.35 bits per heavy atom. The number of amides is 1. The van der Waals surface area contributed by atoms with Crippen LogP contribution in [0.2, 0.25) is 0 Å². The summed E-state index contributed by atoms with van der Waals surface area (Å²) in [4.78, 5) is 14.0. The van der Waals surface area contributed by atoms with Crippen LogP contribution in [0.1, 0.15) is 36.0 Å². The van der Waals surface area contributed by atoms with E-state index in [-0.39, 0.29) is 6.04 Å². The minimum absolute atomic E-state index is 0.0856. The molecule has 2 nitrogen and oxygen atoms in total. The average Bonchev–Trinajstić information content (AvgIpc) is 2.83. The molecule has 0 N–H and O–H groups in total. The Bertz CT molecular complexity index is 487. The lowest BCUT2D eigenvalue weighted by Gasteiger charge is -2.25. The topological polar surface area (TPSA) is 20.3 Å². The normalized spacial score (nSPS) is 18.6. The van der Waals surface area contributed by atoms with Crippen LogP contribution in [0, 0.1) is 11.6 Å². The highest BCUT2D eigenvalue weighted by atomic mass is 79.9. The van der Waals surface area contributed by atoms with Crippen LogP contribution < -0.4 is 0 Å². The van der Waals surface area contributed by atoms with Crippen molar-refractivity contribution < 1.29 is 13.6 Å². The predicted octanol–water partition coefficient (Wildman–Crippen LogP) is 4.51. The Morgan fingerprint density at radius 2 is 2.00 bits per heavy atom. The zero-order chi connectivity index (χ0) is 14.7. The Hall–Kier alpha value is -0.490. The van der Waals surface area contributed by atoms with Crippen LogP contribution in [-0.2, 0) is 0 Å². The first-order chi connectivity index (χ1) is 9.54. The maximum atomic E-state index is 13.9. The summed E-state index contributed by atoms with van der Waals surface area (Å²) in [7, 11) is 0. The SMILES string of the molecule is O=C(c1c(F)cc(Br)cc1F)N1CCCC1CCCBr. The van der Waals surface area contributed by atoms with Crippen LogP contribution in [0.4, 0.5) is 8.78 Å². The summed E-state index contributed by atoms with van der Waals surface area (Å²) in [5, 5.41) is 0.868. The number of likely N-dealkylation sites (tertiary alicyclic amines) is 1. The van der Waals surface area contributed by atoms with Crippen molar-refractivity contribution in [1.82, 2.24) is 4.90 Å². The Morgan fingerprint density at radius 3 is 2.60 bits per heavy atom. The molecule has 1 aromatic rings. The van der Waals surface area contributed by atoms with E-state index in [1.165, 1.54) is 0 Å². The number of alkyl halides is 1. The zero-order valence-electron chi connectivity index (χ0n) is 10.8. The van der Waals surface area contributed by atoms with Crippen LogP contribution in [-0.4, -0.2) is 28.7 Å². The number of carbonyl (C=O) groups excluding carboxylic acids is 1. The molecule has 20 heavy (non-hydrogen) atoms. The van der Waals surface area contributed by atoms with E-state index >= 15 is 0 Å². The van der Waals surface area contributed by atoms with E-state index in [4.69, 9.17) is 0 Å². The highest BCUT2D eigenvalue weighted by Crippen LogP contribution is 2.27. The third-order valence-electron chi connectivity index (χ3n) is 3.53. The molecule has 1 aromatic carbocycles. The van der Waals surface area contributed by atoms with Crippen LogP contribution in [0.3, 0.4) is 0 Å². The maximum Gasteiger partial charge on any atom is 0.260 e. The fourth-order valence-corrected chi connectivity index (χ4v) is 3.33. The van der Waals surface area contributed by atoms with Crippen molar-refractivity contribution in [2.75, 3.05) is 11.9 Å². The van der Waals surface area contributed by atoms with Crippen molar-refractivity contribution in [3.05, 3.63) is 33.8 Å². The lowest BCUT2D eigenvalue weighted by Crippen LogP contribution is -2.36. The number of nitrogens with zero attached hydrogens (tertiary/aromatic N) is 1. The molecule has 0 saturated carbocycles. The third-order valence-corrected chi connectivity index (χ3v) is 4.55. The molecule has 0 spiro atoms. The highest BCUT2D eigenvalue weighted by molar-refractivity contribution is 9.10.